The minimum absolute atomic E-state index is 0.296. The van der Waals surface area contributed by atoms with Gasteiger partial charge in [-0.05, 0) is 30.5 Å². The van der Waals surface area contributed by atoms with Gasteiger partial charge in [-0.1, -0.05) is 31.4 Å². The standard InChI is InChI=1S/C15H22ClNO2/c1-4-17-13(7-10-5-6-10)11-8-14(18-2)15(19-3)9-12(11)16/h8-10,13,17H,4-7H2,1-3H3. The Morgan fingerprint density at radius 1 is 1.26 bits per heavy atom. The van der Waals surface area contributed by atoms with Gasteiger partial charge in [-0.2, -0.15) is 0 Å². The number of ether oxygens (including phenoxy) is 2. The molecule has 2 rings (SSSR count). The molecule has 1 unspecified atom stereocenters. The first kappa shape index (κ1) is 14.5. The van der Waals surface area contributed by atoms with Gasteiger partial charge in [-0.15, -0.1) is 0 Å². The molecule has 1 N–H and O–H groups in total. The number of methoxy groups -OCH3 is 2. The molecule has 0 spiro atoms. The van der Waals surface area contributed by atoms with Crippen molar-refractivity contribution >= 4 is 11.6 Å². The molecule has 0 amide bonds. The fourth-order valence-electron chi connectivity index (χ4n) is 2.39. The van der Waals surface area contributed by atoms with Crippen LogP contribution < -0.4 is 14.8 Å². The summed E-state index contributed by atoms with van der Waals surface area (Å²) in [6.45, 7) is 3.05. The van der Waals surface area contributed by atoms with Crippen molar-refractivity contribution in [2.45, 2.75) is 32.2 Å². The van der Waals surface area contributed by atoms with Crippen LogP contribution in [0.3, 0.4) is 0 Å². The van der Waals surface area contributed by atoms with E-state index < -0.39 is 0 Å². The molecule has 106 valence electrons. The topological polar surface area (TPSA) is 30.5 Å². The summed E-state index contributed by atoms with van der Waals surface area (Å²) in [5.41, 5.74) is 1.10. The number of rotatable bonds is 7. The highest BCUT2D eigenvalue weighted by Crippen LogP contribution is 2.42. The summed E-state index contributed by atoms with van der Waals surface area (Å²) in [6.07, 6.45) is 3.82. The van der Waals surface area contributed by atoms with Gasteiger partial charge in [0.15, 0.2) is 11.5 Å². The van der Waals surface area contributed by atoms with Crippen molar-refractivity contribution < 1.29 is 9.47 Å². The fraction of sp³-hybridized carbons (Fsp3) is 0.600. The third kappa shape index (κ3) is 3.54. The fourth-order valence-corrected chi connectivity index (χ4v) is 2.68. The van der Waals surface area contributed by atoms with Crippen LogP contribution >= 0.6 is 11.6 Å². The first-order valence-corrected chi connectivity index (χ1v) is 7.22. The molecule has 1 aromatic carbocycles. The van der Waals surface area contributed by atoms with Crippen LogP contribution in [0.25, 0.3) is 0 Å². The molecule has 0 bridgehead atoms. The van der Waals surface area contributed by atoms with E-state index in [1.54, 1.807) is 14.2 Å². The minimum atomic E-state index is 0.296. The number of hydrogen-bond donors (Lipinski definition) is 1. The second-order valence-corrected chi connectivity index (χ2v) is 5.43. The van der Waals surface area contributed by atoms with E-state index in [0.29, 0.717) is 11.8 Å². The van der Waals surface area contributed by atoms with Crippen LogP contribution in [-0.2, 0) is 0 Å². The van der Waals surface area contributed by atoms with Gasteiger partial charge in [0, 0.05) is 17.1 Å². The van der Waals surface area contributed by atoms with Crippen molar-refractivity contribution in [3.05, 3.63) is 22.7 Å². The summed E-state index contributed by atoms with van der Waals surface area (Å²) >= 11 is 6.40. The number of hydrogen-bond acceptors (Lipinski definition) is 3. The highest BCUT2D eigenvalue weighted by Gasteiger charge is 2.27. The molecule has 3 nitrogen and oxygen atoms in total. The highest BCUT2D eigenvalue weighted by molar-refractivity contribution is 6.31. The summed E-state index contributed by atoms with van der Waals surface area (Å²) in [5, 5.41) is 4.26. The predicted octanol–water partition coefficient (Wildman–Crippen LogP) is 3.81. The number of benzene rings is 1. The van der Waals surface area contributed by atoms with Crippen molar-refractivity contribution in [3.8, 4) is 11.5 Å². The molecular weight excluding hydrogens is 262 g/mol. The lowest BCUT2D eigenvalue weighted by atomic mass is 10.0. The van der Waals surface area contributed by atoms with Crippen LogP contribution in [0, 0.1) is 5.92 Å². The maximum absolute atomic E-state index is 6.40. The molecule has 0 aliphatic heterocycles. The van der Waals surface area contributed by atoms with Gasteiger partial charge in [0.05, 0.1) is 14.2 Å². The molecular formula is C15H22ClNO2. The number of halogens is 1. The van der Waals surface area contributed by atoms with E-state index in [0.717, 1.165) is 35.2 Å². The maximum Gasteiger partial charge on any atom is 0.162 e. The lowest BCUT2D eigenvalue weighted by molar-refractivity contribution is 0.353. The third-order valence-corrected chi connectivity index (χ3v) is 3.92. The second kappa shape index (κ2) is 6.49. The van der Waals surface area contributed by atoms with Crippen LogP contribution in [0.4, 0.5) is 0 Å². The quantitative estimate of drug-likeness (QED) is 0.825. The number of nitrogens with one attached hydrogen (secondary N) is 1. The Hall–Kier alpha value is -0.930. The molecule has 0 aromatic heterocycles. The Bertz CT molecular complexity index is 432. The molecule has 1 aromatic rings. The van der Waals surface area contributed by atoms with Gasteiger partial charge in [-0.3, -0.25) is 0 Å². The normalized spacial score (nSPS) is 16.2. The SMILES string of the molecule is CCNC(CC1CC1)c1cc(OC)c(OC)cc1Cl. The Morgan fingerprint density at radius 2 is 1.89 bits per heavy atom. The Balaban J connectivity index is 2.28. The van der Waals surface area contributed by atoms with E-state index in [9.17, 15) is 0 Å². The largest absolute Gasteiger partial charge is 0.493 e. The van der Waals surface area contributed by atoms with Gasteiger partial charge < -0.3 is 14.8 Å². The minimum Gasteiger partial charge on any atom is -0.493 e. The zero-order valence-electron chi connectivity index (χ0n) is 11.8. The van der Waals surface area contributed by atoms with Gasteiger partial charge in [-0.25, -0.2) is 0 Å². The van der Waals surface area contributed by atoms with Gasteiger partial charge in [0.2, 0.25) is 0 Å². The molecule has 1 aliphatic rings. The zero-order valence-corrected chi connectivity index (χ0v) is 12.6. The van der Waals surface area contributed by atoms with Gasteiger partial charge >= 0.3 is 0 Å². The Kier molecular flexibility index (Phi) is 4.94. The Labute approximate surface area is 120 Å². The zero-order chi connectivity index (χ0) is 13.8. The first-order valence-electron chi connectivity index (χ1n) is 6.84. The van der Waals surface area contributed by atoms with Crippen molar-refractivity contribution in [2.24, 2.45) is 5.92 Å². The van der Waals surface area contributed by atoms with Crippen LogP contribution in [-0.4, -0.2) is 20.8 Å². The molecule has 1 saturated carbocycles. The second-order valence-electron chi connectivity index (χ2n) is 5.02. The van der Waals surface area contributed by atoms with Crippen LogP contribution in [0.2, 0.25) is 5.02 Å². The van der Waals surface area contributed by atoms with E-state index in [-0.39, 0.29) is 0 Å². The summed E-state index contributed by atoms with van der Waals surface area (Å²) in [4.78, 5) is 0. The predicted molar refractivity (Wildman–Crippen MR) is 78.3 cm³/mol. The lowest BCUT2D eigenvalue weighted by Crippen LogP contribution is -2.21. The summed E-state index contributed by atoms with van der Waals surface area (Å²) < 4.78 is 10.6. The summed E-state index contributed by atoms with van der Waals surface area (Å²) in [7, 11) is 3.28. The highest BCUT2D eigenvalue weighted by atomic mass is 35.5. The molecule has 19 heavy (non-hydrogen) atoms. The molecule has 0 radical (unpaired) electrons. The Morgan fingerprint density at radius 3 is 2.42 bits per heavy atom. The molecule has 4 heteroatoms. The van der Waals surface area contributed by atoms with E-state index >= 15 is 0 Å². The molecule has 0 saturated heterocycles. The first-order chi connectivity index (χ1) is 9.19. The smallest absolute Gasteiger partial charge is 0.162 e. The third-order valence-electron chi connectivity index (χ3n) is 3.59. The van der Waals surface area contributed by atoms with Gasteiger partial charge in [0.25, 0.3) is 0 Å². The van der Waals surface area contributed by atoms with Crippen molar-refractivity contribution in [1.29, 1.82) is 0 Å². The molecule has 1 aliphatic carbocycles. The van der Waals surface area contributed by atoms with E-state index in [2.05, 4.69) is 12.2 Å². The van der Waals surface area contributed by atoms with Crippen molar-refractivity contribution in [1.82, 2.24) is 5.32 Å². The van der Waals surface area contributed by atoms with Crippen molar-refractivity contribution in [3.63, 3.8) is 0 Å². The molecule has 0 heterocycles. The lowest BCUT2D eigenvalue weighted by Gasteiger charge is -2.21. The molecule has 1 atom stereocenters. The van der Waals surface area contributed by atoms with E-state index in [1.165, 1.54) is 12.8 Å². The summed E-state index contributed by atoms with van der Waals surface area (Å²) in [6, 6.07) is 4.13. The average Bonchev–Trinajstić information content (AvgIpc) is 3.22. The van der Waals surface area contributed by atoms with Gasteiger partial charge in [0.1, 0.15) is 0 Å². The van der Waals surface area contributed by atoms with Crippen LogP contribution in [0.1, 0.15) is 37.8 Å². The van der Waals surface area contributed by atoms with Crippen LogP contribution in [0.15, 0.2) is 12.1 Å². The van der Waals surface area contributed by atoms with E-state index in [4.69, 9.17) is 21.1 Å². The van der Waals surface area contributed by atoms with E-state index in [1.807, 2.05) is 12.1 Å². The molecule has 1 fully saturated rings. The average molecular weight is 284 g/mol. The monoisotopic (exact) mass is 283 g/mol. The van der Waals surface area contributed by atoms with Crippen molar-refractivity contribution in [2.75, 3.05) is 20.8 Å². The van der Waals surface area contributed by atoms with Crippen LogP contribution in [0.5, 0.6) is 11.5 Å². The summed E-state index contributed by atoms with van der Waals surface area (Å²) in [5.74, 6) is 2.26. The maximum atomic E-state index is 6.40.